The zero-order valence-electron chi connectivity index (χ0n) is 9.66. The van der Waals surface area contributed by atoms with Crippen molar-refractivity contribution in [3.63, 3.8) is 0 Å². The highest BCUT2D eigenvalue weighted by Crippen LogP contribution is 2.30. The highest BCUT2D eigenvalue weighted by molar-refractivity contribution is 7.24. The summed E-state index contributed by atoms with van der Waals surface area (Å²) in [6.07, 6.45) is 0. The number of benzene rings is 2. The van der Waals surface area contributed by atoms with Gasteiger partial charge in [-0.25, -0.2) is 0 Å². The van der Waals surface area contributed by atoms with Gasteiger partial charge in [-0.2, -0.15) is 0 Å². The molecule has 0 aliphatic heterocycles. The molecule has 0 aliphatic rings. The largest absolute Gasteiger partial charge is 0.497 e. The lowest BCUT2D eigenvalue weighted by atomic mass is 10.1. The van der Waals surface area contributed by atoms with Crippen LogP contribution >= 0.6 is 22.9 Å². The maximum atomic E-state index is 8.31. The van der Waals surface area contributed by atoms with Crippen LogP contribution in [0.1, 0.15) is 0 Å². The van der Waals surface area contributed by atoms with Gasteiger partial charge in [0.2, 0.25) is 0 Å². The van der Waals surface area contributed by atoms with E-state index in [9.17, 15) is 0 Å². The van der Waals surface area contributed by atoms with E-state index in [1.54, 1.807) is 18.4 Å². The minimum atomic E-state index is 0.461. The zero-order chi connectivity index (χ0) is 12.7. The second kappa shape index (κ2) is 4.26. The van der Waals surface area contributed by atoms with Gasteiger partial charge in [0.25, 0.3) is 0 Å². The molecule has 1 heterocycles. The monoisotopic (exact) mass is 275 g/mol. The summed E-state index contributed by atoms with van der Waals surface area (Å²) in [6.45, 7) is 0. The van der Waals surface area contributed by atoms with Crippen LogP contribution in [0.4, 0.5) is 0 Å². The number of fused-ring (bicyclic) bond motifs is 2. The number of hydrogen-bond donors (Lipinski definition) is 1. The predicted octanol–water partition coefficient (Wildman–Crippen LogP) is 4.20. The smallest absolute Gasteiger partial charge is 0.119 e. The molecule has 0 fully saturated rings. The van der Waals surface area contributed by atoms with Crippen molar-refractivity contribution in [1.82, 2.24) is 0 Å². The van der Waals surface area contributed by atoms with Gasteiger partial charge in [0.15, 0.2) is 0 Å². The molecular formula is C14H10ClNOS. The Morgan fingerprint density at radius 2 is 2.00 bits per heavy atom. The Kier molecular flexibility index (Phi) is 2.73. The first-order valence-corrected chi connectivity index (χ1v) is 6.64. The van der Waals surface area contributed by atoms with Gasteiger partial charge in [0, 0.05) is 20.2 Å². The molecule has 3 aromatic rings. The summed E-state index contributed by atoms with van der Waals surface area (Å²) in [4.78, 5) is 0. The standard InChI is InChI=1S/C14H10ClNOS/c1-17-8-5-6-11-9(7-8)14(16)13-10(15)3-2-4-12(13)18-11/h2-7,16H,1H3. The fourth-order valence-corrected chi connectivity index (χ4v) is 3.44. The summed E-state index contributed by atoms with van der Waals surface area (Å²) in [5.74, 6) is 0.759. The van der Waals surface area contributed by atoms with Crippen molar-refractivity contribution in [3.05, 3.63) is 46.8 Å². The van der Waals surface area contributed by atoms with Crippen LogP contribution in [0.5, 0.6) is 5.75 Å². The molecule has 0 radical (unpaired) electrons. The average Bonchev–Trinajstić information content (AvgIpc) is 2.38. The van der Waals surface area contributed by atoms with Crippen molar-refractivity contribution >= 4 is 43.1 Å². The van der Waals surface area contributed by atoms with E-state index in [2.05, 4.69) is 0 Å². The molecule has 0 saturated carbocycles. The van der Waals surface area contributed by atoms with Gasteiger partial charge in [0.05, 0.1) is 17.5 Å². The van der Waals surface area contributed by atoms with Gasteiger partial charge in [0.1, 0.15) is 5.75 Å². The van der Waals surface area contributed by atoms with Crippen molar-refractivity contribution in [3.8, 4) is 5.75 Å². The summed E-state index contributed by atoms with van der Waals surface area (Å²) in [6, 6.07) is 11.5. The Hall–Kier alpha value is -1.58. The van der Waals surface area contributed by atoms with Crippen LogP contribution in [0, 0.1) is 5.41 Å². The van der Waals surface area contributed by atoms with Gasteiger partial charge in [-0.1, -0.05) is 17.7 Å². The molecule has 2 nitrogen and oxygen atoms in total. The third-order valence-electron chi connectivity index (χ3n) is 2.90. The molecule has 18 heavy (non-hydrogen) atoms. The molecule has 0 saturated heterocycles. The molecule has 0 spiro atoms. The van der Waals surface area contributed by atoms with E-state index < -0.39 is 0 Å². The second-order valence-electron chi connectivity index (χ2n) is 3.95. The van der Waals surface area contributed by atoms with Crippen molar-refractivity contribution in [1.29, 1.82) is 5.41 Å². The van der Waals surface area contributed by atoms with E-state index in [0.717, 1.165) is 25.9 Å². The number of hydrogen-bond acceptors (Lipinski definition) is 3. The summed E-state index contributed by atoms with van der Waals surface area (Å²) in [5.41, 5.74) is 0. The maximum absolute atomic E-state index is 8.31. The number of halogens is 1. The Morgan fingerprint density at radius 3 is 2.78 bits per heavy atom. The number of rotatable bonds is 1. The lowest BCUT2D eigenvalue weighted by molar-refractivity contribution is 0.415. The van der Waals surface area contributed by atoms with Gasteiger partial charge < -0.3 is 4.74 Å². The first-order chi connectivity index (χ1) is 8.70. The third-order valence-corrected chi connectivity index (χ3v) is 4.35. The molecular weight excluding hydrogens is 266 g/mol. The van der Waals surface area contributed by atoms with Crippen molar-refractivity contribution in [2.24, 2.45) is 0 Å². The van der Waals surface area contributed by atoms with Crippen molar-refractivity contribution in [2.45, 2.75) is 0 Å². The highest BCUT2D eigenvalue weighted by atomic mass is 35.5. The van der Waals surface area contributed by atoms with Crippen LogP contribution in [-0.4, -0.2) is 7.11 Å². The molecule has 0 amide bonds. The minimum absolute atomic E-state index is 0.461. The highest BCUT2D eigenvalue weighted by Gasteiger charge is 2.07. The predicted molar refractivity (Wildman–Crippen MR) is 76.7 cm³/mol. The maximum Gasteiger partial charge on any atom is 0.119 e. The van der Waals surface area contributed by atoms with Crippen LogP contribution < -0.4 is 10.1 Å². The Morgan fingerprint density at radius 1 is 1.17 bits per heavy atom. The second-order valence-corrected chi connectivity index (χ2v) is 5.44. The van der Waals surface area contributed by atoms with E-state index in [1.807, 2.05) is 36.4 Å². The number of nitrogens with one attached hydrogen (secondary N) is 1. The van der Waals surface area contributed by atoms with E-state index in [0.29, 0.717) is 10.4 Å². The lowest BCUT2D eigenvalue weighted by Gasteiger charge is -2.06. The fourth-order valence-electron chi connectivity index (χ4n) is 2.01. The fraction of sp³-hybridized carbons (Fsp3) is 0.0714. The Balaban J connectivity index is 2.54. The number of ether oxygens (including phenoxy) is 1. The summed E-state index contributed by atoms with van der Waals surface area (Å²) in [5, 5.41) is 11.1. The normalized spacial score (nSPS) is 11.0. The van der Waals surface area contributed by atoms with Crippen molar-refractivity contribution in [2.75, 3.05) is 7.11 Å². The van der Waals surface area contributed by atoms with Crippen LogP contribution in [0.2, 0.25) is 5.02 Å². The van der Waals surface area contributed by atoms with E-state index >= 15 is 0 Å². The number of methoxy groups -OCH3 is 1. The van der Waals surface area contributed by atoms with Crippen molar-refractivity contribution < 1.29 is 4.74 Å². The Bertz CT molecular complexity index is 810. The van der Waals surface area contributed by atoms with Crippen LogP contribution in [0.15, 0.2) is 36.4 Å². The molecule has 0 bridgehead atoms. The molecule has 3 rings (SSSR count). The molecule has 0 unspecified atom stereocenters. The van der Waals surface area contributed by atoms with Gasteiger partial charge in [-0.3, -0.25) is 5.41 Å². The molecule has 2 aromatic carbocycles. The zero-order valence-corrected chi connectivity index (χ0v) is 11.2. The Labute approximate surface area is 113 Å². The van der Waals surface area contributed by atoms with E-state index in [-0.39, 0.29) is 0 Å². The molecule has 1 aromatic heterocycles. The van der Waals surface area contributed by atoms with E-state index in [1.165, 1.54) is 0 Å². The molecule has 1 N–H and O–H groups in total. The SMILES string of the molecule is COc1ccc2sc3cccc(Cl)c3c(=N)c2c1. The molecule has 0 atom stereocenters. The topological polar surface area (TPSA) is 33.1 Å². The van der Waals surface area contributed by atoms with Gasteiger partial charge >= 0.3 is 0 Å². The third kappa shape index (κ3) is 1.67. The molecule has 4 heteroatoms. The van der Waals surface area contributed by atoms with Crippen LogP contribution in [0.3, 0.4) is 0 Å². The average molecular weight is 276 g/mol. The van der Waals surface area contributed by atoms with Crippen LogP contribution in [0.25, 0.3) is 20.2 Å². The van der Waals surface area contributed by atoms with E-state index in [4.69, 9.17) is 21.7 Å². The lowest BCUT2D eigenvalue weighted by Crippen LogP contribution is -2.02. The van der Waals surface area contributed by atoms with Gasteiger partial charge in [-0.05, 0) is 30.3 Å². The summed E-state index contributed by atoms with van der Waals surface area (Å²) in [7, 11) is 1.63. The summed E-state index contributed by atoms with van der Waals surface area (Å²) < 4.78 is 7.31. The molecule has 90 valence electrons. The quantitative estimate of drug-likeness (QED) is 0.664. The molecule has 0 aliphatic carbocycles. The first kappa shape index (κ1) is 11.5. The summed E-state index contributed by atoms with van der Waals surface area (Å²) >= 11 is 7.83. The minimum Gasteiger partial charge on any atom is -0.497 e. The first-order valence-electron chi connectivity index (χ1n) is 5.44. The van der Waals surface area contributed by atoms with Gasteiger partial charge in [-0.15, -0.1) is 11.3 Å². The van der Waals surface area contributed by atoms with Crippen LogP contribution in [-0.2, 0) is 0 Å².